The second-order valence-corrected chi connectivity index (χ2v) is 11.3. The summed E-state index contributed by atoms with van der Waals surface area (Å²) in [4.78, 5) is 20.2. The fourth-order valence-corrected chi connectivity index (χ4v) is 4.84. The van der Waals surface area contributed by atoms with E-state index in [-0.39, 0.29) is 0 Å². The van der Waals surface area contributed by atoms with E-state index in [1.807, 2.05) is 32.9 Å². The maximum Gasteiger partial charge on any atom is 0.135 e. The first-order valence-corrected chi connectivity index (χ1v) is 13.3. The molecule has 1 aromatic heterocycles. The topological polar surface area (TPSA) is 62.5 Å². The highest BCUT2D eigenvalue weighted by atomic mass is 16.3. The Bertz CT molecular complexity index is 790. The molecule has 0 radical (unpaired) electrons. The van der Waals surface area contributed by atoms with Gasteiger partial charge in [-0.2, -0.15) is 0 Å². The molecule has 1 aromatic rings. The third kappa shape index (κ3) is 8.31. The van der Waals surface area contributed by atoms with Gasteiger partial charge in [-0.25, -0.2) is 0 Å². The lowest BCUT2D eigenvalue weighted by Gasteiger charge is -2.53. The monoisotopic (exact) mass is 456 g/mol. The summed E-state index contributed by atoms with van der Waals surface area (Å²) in [5.41, 5.74) is 3.33. The van der Waals surface area contributed by atoms with E-state index < -0.39 is 5.60 Å². The standard InChI is InChI=1S/C14H22N2O.C10H16O.C5H10/c1-6-7-10(2)15-12-8-9-13(14(4,5)17)16-11(12)3;1-2-9(11)8-6-10(7-8)4-3-5-10;1-5-3-2-4-5/h8-9,17H,6-7H2,1-5H3;8H,2-7H2,1H3;5H,2-4H2,1H3. The zero-order valence-electron chi connectivity index (χ0n) is 22.3. The first-order valence-electron chi connectivity index (χ1n) is 13.3. The van der Waals surface area contributed by atoms with Crippen molar-refractivity contribution in [2.45, 2.75) is 125 Å². The SMILES string of the molecule is CC1CCC1.CCC(=O)C1CC2(CCC2)C1.CCCC(C)=Nc1ccc(C(C)(C)O)nc1C. The molecule has 3 saturated carbocycles. The molecular formula is C29H48N2O2. The van der Waals surface area contributed by atoms with Crippen LogP contribution in [-0.2, 0) is 10.4 Å². The van der Waals surface area contributed by atoms with Gasteiger partial charge in [-0.15, -0.1) is 0 Å². The molecule has 0 atom stereocenters. The first kappa shape index (κ1) is 27.7. The van der Waals surface area contributed by atoms with Crippen LogP contribution in [0.25, 0.3) is 0 Å². The highest BCUT2D eigenvalue weighted by Gasteiger charge is 2.49. The smallest absolute Gasteiger partial charge is 0.135 e. The number of pyridine rings is 1. The molecule has 1 heterocycles. The van der Waals surface area contributed by atoms with Gasteiger partial charge in [0, 0.05) is 18.1 Å². The molecule has 1 N–H and O–H groups in total. The highest BCUT2D eigenvalue weighted by molar-refractivity contribution is 5.84. The number of carbonyl (C=O) groups excluding carboxylic acids is 1. The van der Waals surface area contributed by atoms with E-state index in [1.165, 1.54) is 51.4 Å². The fraction of sp³-hybridized carbons (Fsp3) is 0.759. The minimum atomic E-state index is -0.897. The summed E-state index contributed by atoms with van der Waals surface area (Å²) in [6, 6.07) is 3.76. The van der Waals surface area contributed by atoms with Gasteiger partial charge >= 0.3 is 0 Å². The Morgan fingerprint density at radius 2 is 1.79 bits per heavy atom. The summed E-state index contributed by atoms with van der Waals surface area (Å²) in [5, 5.41) is 9.87. The number of carbonyl (C=O) groups is 1. The summed E-state index contributed by atoms with van der Waals surface area (Å²) in [5.74, 6) is 2.03. The second kappa shape index (κ2) is 12.2. The van der Waals surface area contributed by atoms with E-state index in [0.717, 1.165) is 42.3 Å². The molecule has 3 aliphatic carbocycles. The number of aliphatic hydroxyl groups is 1. The first-order chi connectivity index (χ1) is 15.5. The van der Waals surface area contributed by atoms with E-state index in [0.29, 0.717) is 22.8 Å². The van der Waals surface area contributed by atoms with Gasteiger partial charge in [0.15, 0.2) is 0 Å². The zero-order chi connectivity index (χ0) is 24.6. The zero-order valence-corrected chi connectivity index (χ0v) is 22.3. The van der Waals surface area contributed by atoms with Gasteiger partial charge in [0.1, 0.15) is 11.4 Å². The molecule has 0 amide bonds. The molecule has 4 rings (SSSR count). The predicted molar refractivity (Wildman–Crippen MR) is 139 cm³/mol. The van der Waals surface area contributed by atoms with E-state index in [1.54, 1.807) is 13.8 Å². The van der Waals surface area contributed by atoms with Crippen LogP contribution in [0.4, 0.5) is 5.69 Å². The van der Waals surface area contributed by atoms with Crippen molar-refractivity contribution >= 4 is 17.2 Å². The normalized spacial score (nSPS) is 19.8. The quantitative estimate of drug-likeness (QED) is 0.443. The van der Waals surface area contributed by atoms with Crippen LogP contribution < -0.4 is 0 Å². The van der Waals surface area contributed by atoms with Crippen LogP contribution >= 0.6 is 0 Å². The number of hydrogen-bond acceptors (Lipinski definition) is 4. The van der Waals surface area contributed by atoms with Gasteiger partial charge < -0.3 is 5.11 Å². The van der Waals surface area contributed by atoms with Crippen molar-refractivity contribution in [3.63, 3.8) is 0 Å². The molecule has 4 nitrogen and oxygen atoms in total. The molecule has 3 fully saturated rings. The summed E-state index contributed by atoms with van der Waals surface area (Å²) in [6.07, 6.45) is 14.0. The van der Waals surface area contributed by atoms with Crippen molar-refractivity contribution in [1.82, 2.24) is 4.98 Å². The average molecular weight is 457 g/mol. The molecule has 0 aliphatic heterocycles. The summed E-state index contributed by atoms with van der Waals surface area (Å²) in [6.45, 7) is 13.9. The Morgan fingerprint density at radius 1 is 1.18 bits per heavy atom. The Kier molecular flexibility index (Phi) is 10.3. The number of ketones is 1. The van der Waals surface area contributed by atoms with Crippen molar-refractivity contribution in [1.29, 1.82) is 0 Å². The molecule has 4 heteroatoms. The van der Waals surface area contributed by atoms with Crippen LogP contribution in [0.1, 0.15) is 124 Å². The van der Waals surface area contributed by atoms with E-state index in [2.05, 4.69) is 23.8 Å². The third-order valence-electron chi connectivity index (χ3n) is 7.58. The summed E-state index contributed by atoms with van der Waals surface area (Å²) < 4.78 is 0. The predicted octanol–water partition coefficient (Wildman–Crippen LogP) is 7.86. The molecule has 33 heavy (non-hydrogen) atoms. The Hall–Kier alpha value is -1.55. The molecule has 0 unspecified atom stereocenters. The molecule has 0 saturated heterocycles. The van der Waals surface area contributed by atoms with E-state index in [9.17, 15) is 9.90 Å². The Labute approximate surface area is 202 Å². The maximum atomic E-state index is 11.2. The fourth-order valence-electron chi connectivity index (χ4n) is 4.84. The lowest BCUT2D eigenvalue weighted by Crippen LogP contribution is -2.45. The van der Waals surface area contributed by atoms with Crippen LogP contribution in [0.5, 0.6) is 0 Å². The summed E-state index contributed by atoms with van der Waals surface area (Å²) in [7, 11) is 0. The lowest BCUT2D eigenvalue weighted by molar-refractivity contribution is -0.134. The molecule has 3 aliphatic rings. The minimum absolute atomic E-state index is 0.459. The number of nitrogens with zero attached hydrogens (tertiary/aromatic N) is 2. The van der Waals surface area contributed by atoms with Crippen LogP contribution in [-0.4, -0.2) is 21.6 Å². The number of aliphatic imine (C=N–C) groups is 1. The van der Waals surface area contributed by atoms with Gasteiger partial charge in [-0.05, 0) is 83.3 Å². The minimum Gasteiger partial charge on any atom is -0.384 e. The molecule has 0 bridgehead atoms. The van der Waals surface area contributed by atoms with E-state index in [4.69, 9.17) is 0 Å². The molecule has 186 valence electrons. The van der Waals surface area contributed by atoms with Crippen molar-refractivity contribution in [2.24, 2.45) is 22.2 Å². The number of Topliss-reactive ketones (excluding diaryl/α,β-unsaturated/α-hetero) is 1. The van der Waals surface area contributed by atoms with Crippen molar-refractivity contribution in [3.05, 3.63) is 23.5 Å². The van der Waals surface area contributed by atoms with Gasteiger partial charge in [0.25, 0.3) is 0 Å². The Morgan fingerprint density at radius 3 is 2.15 bits per heavy atom. The second-order valence-electron chi connectivity index (χ2n) is 11.3. The van der Waals surface area contributed by atoms with Crippen molar-refractivity contribution in [3.8, 4) is 0 Å². The van der Waals surface area contributed by atoms with Gasteiger partial charge in [-0.1, -0.05) is 52.9 Å². The number of hydrogen-bond donors (Lipinski definition) is 1. The third-order valence-corrected chi connectivity index (χ3v) is 7.58. The van der Waals surface area contributed by atoms with Crippen LogP contribution in [0, 0.1) is 24.2 Å². The largest absolute Gasteiger partial charge is 0.384 e. The lowest BCUT2D eigenvalue weighted by atomic mass is 9.51. The Balaban J connectivity index is 0.000000202. The average Bonchev–Trinajstić information content (AvgIpc) is 2.66. The van der Waals surface area contributed by atoms with Crippen LogP contribution in [0.3, 0.4) is 0 Å². The van der Waals surface area contributed by atoms with Crippen molar-refractivity contribution in [2.75, 3.05) is 0 Å². The van der Waals surface area contributed by atoms with Gasteiger partial charge in [0.05, 0.1) is 17.1 Å². The van der Waals surface area contributed by atoms with E-state index >= 15 is 0 Å². The van der Waals surface area contributed by atoms with Gasteiger partial charge in [-0.3, -0.25) is 14.8 Å². The summed E-state index contributed by atoms with van der Waals surface area (Å²) >= 11 is 0. The number of rotatable bonds is 6. The number of aromatic nitrogens is 1. The van der Waals surface area contributed by atoms with Crippen LogP contribution in [0.2, 0.25) is 0 Å². The molecule has 1 spiro atoms. The molecular weight excluding hydrogens is 408 g/mol. The number of aryl methyl sites for hydroxylation is 1. The highest BCUT2D eigenvalue weighted by Crippen LogP contribution is 2.58. The maximum absolute atomic E-state index is 11.2. The molecule has 0 aromatic carbocycles. The van der Waals surface area contributed by atoms with Gasteiger partial charge in [0.2, 0.25) is 0 Å². The van der Waals surface area contributed by atoms with Crippen molar-refractivity contribution < 1.29 is 9.90 Å². The van der Waals surface area contributed by atoms with Crippen LogP contribution in [0.15, 0.2) is 17.1 Å².